The van der Waals surface area contributed by atoms with Crippen LogP contribution in [-0.2, 0) is 0 Å². The highest BCUT2D eigenvalue weighted by Gasteiger charge is 2.20. The van der Waals surface area contributed by atoms with E-state index < -0.39 is 27.4 Å². The SMILES string of the molecule is [2H]c1nc2nc(OCC)c([N+](=O)[O-])cc2cc1[N+](=O)[O-]. The van der Waals surface area contributed by atoms with Crippen molar-refractivity contribution in [1.82, 2.24) is 9.97 Å². The fourth-order valence-corrected chi connectivity index (χ4v) is 1.44. The molecular weight excluding hydrogens is 256 g/mol. The highest BCUT2D eigenvalue weighted by molar-refractivity contribution is 5.80. The fourth-order valence-electron chi connectivity index (χ4n) is 1.44. The van der Waals surface area contributed by atoms with E-state index in [0.29, 0.717) is 0 Å². The molecule has 0 aliphatic rings. The Kier molecular flexibility index (Phi) is 2.85. The molecule has 0 aliphatic carbocycles. The standard InChI is InChI=1S/C10H8N4O5/c1-2-19-10-8(14(17)18)4-6-3-7(13(15)16)5-11-9(6)12-10/h3-5H,2H2,1H3/i5D. The zero-order valence-corrected chi connectivity index (χ0v) is 9.69. The number of ether oxygens (including phenoxy) is 1. The molecule has 0 bridgehead atoms. The van der Waals surface area contributed by atoms with Gasteiger partial charge in [0.05, 0.1) is 17.8 Å². The van der Waals surface area contributed by atoms with Crippen LogP contribution in [0.3, 0.4) is 0 Å². The van der Waals surface area contributed by atoms with E-state index in [1.807, 2.05) is 0 Å². The first-order chi connectivity index (χ1) is 9.43. The monoisotopic (exact) mass is 265 g/mol. The Morgan fingerprint density at radius 1 is 1.37 bits per heavy atom. The lowest BCUT2D eigenvalue weighted by Crippen LogP contribution is -2.01. The lowest BCUT2D eigenvalue weighted by molar-refractivity contribution is -0.386. The van der Waals surface area contributed by atoms with Gasteiger partial charge >= 0.3 is 5.69 Å². The summed E-state index contributed by atoms with van der Waals surface area (Å²) in [7, 11) is 0. The lowest BCUT2D eigenvalue weighted by atomic mass is 10.2. The van der Waals surface area contributed by atoms with Gasteiger partial charge in [-0.15, -0.1) is 0 Å². The summed E-state index contributed by atoms with van der Waals surface area (Å²) in [5.41, 5.74) is -0.972. The maximum atomic E-state index is 10.9. The molecule has 0 fully saturated rings. The predicted molar refractivity (Wildman–Crippen MR) is 64.0 cm³/mol. The van der Waals surface area contributed by atoms with Crippen molar-refractivity contribution < 1.29 is 16.0 Å². The second-order valence-corrected chi connectivity index (χ2v) is 3.43. The minimum atomic E-state index is -0.781. The van der Waals surface area contributed by atoms with Gasteiger partial charge in [0.25, 0.3) is 11.6 Å². The van der Waals surface area contributed by atoms with Crippen molar-refractivity contribution in [2.24, 2.45) is 0 Å². The third-order valence-electron chi connectivity index (χ3n) is 2.22. The summed E-state index contributed by atoms with van der Waals surface area (Å²) >= 11 is 0. The van der Waals surface area contributed by atoms with Crippen LogP contribution in [0.25, 0.3) is 11.0 Å². The summed E-state index contributed by atoms with van der Waals surface area (Å²) in [4.78, 5) is 27.6. The van der Waals surface area contributed by atoms with Gasteiger partial charge in [-0.05, 0) is 6.92 Å². The quantitative estimate of drug-likeness (QED) is 0.610. The Bertz CT molecular complexity index is 720. The van der Waals surface area contributed by atoms with Crippen LogP contribution in [0.5, 0.6) is 5.88 Å². The van der Waals surface area contributed by atoms with Crippen LogP contribution in [-0.4, -0.2) is 26.4 Å². The van der Waals surface area contributed by atoms with Gasteiger partial charge in [-0.25, -0.2) is 4.98 Å². The molecule has 0 saturated heterocycles. The zero-order chi connectivity index (χ0) is 14.9. The van der Waals surface area contributed by atoms with Crippen LogP contribution >= 0.6 is 0 Å². The summed E-state index contributed by atoms with van der Waals surface area (Å²) in [5, 5.41) is 21.7. The number of nitro groups is 2. The molecule has 0 atom stereocenters. The third kappa shape index (κ3) is 2.39. The summed E-state index contributed by atoms with van der Waals surface area (Å²) in [5.74, 6) is -0.231. The molecule has 9 nitrogen and oxygen atoms in total. The molecule has 2 heterocycles. The van der Waals surface area contributed by atoms with Crippen LogP contribution < -0.4 is 4.74 Å². The molecule has 19 heavy (non-hydrogen) atoms. The molecule has 2 aromatic rings. The average Bonchev–Trinajstić information content (AvgIpc) is 2.37. The van der Waals surface area contributed by atoms with E-state index in [0.717, 1.165) is 12.1 Å². The predicted octanol–water partition coefficient (Wildman–Crippen LogP) is 1.84. The molecule has 0 unspecified atom stereocenters. The summed E-state index contributed by atoms with van der Waals surface area (Å²) in [6.07, 6.45) is -0.564. The number of hydrogen-bond donors (Lipinski definition) is 0. The smallest absolute Gasteiger partial charge is 0.331 e. The average molecular weight is 265 g/mol. The van der Waals surface area contributed by atoms with E-state index in [1.165, 1.54) is 0 Å². The van der Waals surface area contributed by atoms with Crippen LogP contribution in [0.4, 0.5) is 11.4 Å². The van der Waals surface area contributed by atoms with Crippen molar-refractivity contribution in [2.75, 3.05) is 6.61 Å². The van der Waals surface area contributed by atoms with Crippen LogP contribution in [0, 0.1) is 20.2 Å². The molecule has 0 amide bonds. The largest absolute Gasteiger partial charge is 0.473 e. The molecule has 2 aromatic heterocycles. The van der Waals surface area contributed by atoms with E-state index in [2.05, 4.69) is 9.97 Å². The van der Waals surface area contributed by atoms with Gasteiger partial charge < -0.3 is 4.74 Å². The summed E-state index contributed by atoms with van der Waals surface area (Å²) in [6, 6.07) is 2.12. The van der Waals surface area contributed by atoms with E-state index in [4.69, 9.17) is 6.11 Å². The maximum Gasteiger partial charge on any atom is 0.331 e. The Morgan fingerprint density at radius 2 is 2.11 bits per heavy atom. The first-order valence-corrected chi connectivity index (χ1v) is 5.18. The Balaban J connectivity index is 2.74. The summed E-state index contributed by atoms with van der Waals surface area (Å²) < 4.78 is 12.5. The second kappa shape index (κ2) is 4.80. The Labute approximate surface area is 107 Å². The first kappa shape index (κ1) is 11.3. The second-order valence-electron chi connectivity index (χ2n) is 3.43. The molecular formula is C10H8N4O5. The number of nitrogens with zero attached hydrogens (tertiary/aromatic N) is 4. The van der Waals surface area contributed by atoms with Crippen LogP contribution in [0.1, 0.15) is 8.29 Å². The Hall–Kier alpha value is -2.84. The number of fused-ring (bicyclic) bond motifs is 1. The van der Waals surface area contributed by atoms with Gasteiger partial charge in [0.1, 0.15) is 6.17 Å². The zero-order valence-electron chi connectivity index (χ0n) is 10.7. The number of rotatable bonds is 4. The van der Waals surface area contributed by atoms with Crippen molar-refractivity contribution in [3.63, 3.8) is 0 Å². The highest BCUT2D eigenvalue weighted by Crippen LogP contribution is 2.29. The molecule has 0 radical (unpaired) electrons. The number of hydrogen-bond acceptors (Lipinski definition) is 7. The van der Waals surface area contributed by atoms with E-state index in [9.17, 15) is 20.2 Å². The molecule has 0 spiro atoms. The lowest BCUT2D eigenvalue weighted by Gasteiger charge is -2.04. The molecule has 0 aliphatic heterocycles. The molecule has 0 N–H and O–H groups in total. The van der Waals surface area contributed by atoms with Crippen molar-refractivity contribution in [2.45, 2.75) is 6.92 Å². The van der Waals surface area contributed by atoms with Crippen LogP contribution in [0.15, 0.2) is 18.3 Å². The molecule has 0 saturated carbocycles. The van der Waals surface area contributed by atoms with Gasteiger partial charge in [0.15, 0.2) is 5.65 Å². The van der Waals surface area contributed by atoms with Gasteiger partial charge in [-0.2, -0.15) is 4.98 Å². The number of aromatic nitrogens is 2. The van der Waals surface area contributed by atoms with E-state index in [-0.39, 0.29) is 23.5 Å². The first-order valence-electron chi connectivity index (χ1n) is 5.68. The minimum Gasteiger partial charge on any atom is -0.473 e. The van der Waals surface area contributed by atoms with E-state index in [1.54, 1.807) is 6.92 Å². The molecule has 98 valence electrons. The van der Waals surface area contributed by atoms with Crippen LogP contribution in [0.2, 0.25) is 0 Å². The highest BCUT2D eigenvalue weighted by atomic mass is 16.6. The minimum absolute atomic E-state index is 0.0188. The van der Waals surface area contributed by atoms with Gasteiger partial charge in [0.2, 0.25) is 0 Å². The fraction of sp³-hybridized carbons (Fsp3) is 0.200. The van der Waals surface area contributed by atoms with Crippen molar-refractivity contribution >= 4 is 22.4 Å². The Morgan fingerprint density at radius 3 is 2.68 bits per heavy atom. The van der Waals surface area contributed by atoms with Gasteiger partial charge in [-0.3, -0.25) is 20.2 Å². The topological polar surface area (TPSA) is 121 Å². The van der Waals surface area contributed by atoms with Crippen molar-refractivity contribution in [3.05, 3.63) is 38.5 Å². The number of pyridine rings is 2. The molecule has 2 rings (SSSR count). The summed E-state index contributed by atoms with van der Waals surface area (Å²) in [6.45, 7) is 1.80. The van der Waals surface area contributed by atoms with Gasteiger partial charge in [0, 0.05) is 17.5 Å². The van der Waals surface area contributed by atoms with E-state index >= 15 is 0 Å². The molecule has 0 aromatic carbocycles. The third-order valence-corrected chi connectivity index (χ3v) is 2.22. The van der Waals surface area contributed by atoms with Crippen molar-refractivity contribution in [3.8, 4) is 5.88 Å². The maximum absolute atomic E-state index is 10.9. The molecule has 9 heteroatoms. The van der Waals surface area contributed by atoms with Gasteiger partial charge in [-0.1, -0.05) is 0 Å². The van der Waals surface area contributed by atoms with Crippen molar-refractivity contribution in [1.29, 1.82) is 0 Å². The normalized spacial score (nSPS) is 11.1.